The second kappa shape index (κ2) is 4.75. The van der Waals surface area contributed by atoms with Gasteiger partial charge < -0.3 is 4.57 Å². The van der Waals surface area contributed by atoms with Crippen LogP contribution in [0.3, 0.4) is 0 Å². The number of nitrogens with zero attached hydrogens (tertiary/aromatic N) is 2. The van der Waals surface area contributed by atoms with E-state index in [-0.39, 0.29) is 0 Å². The van der Waals surface area contributed by atoms with E-state index in [1.807, 2.05) is 18.2 Å². The van der Waals surface area contributed by atoms with E-state index in [2.05, 4.69) is 42.6 Å². The first-order valence-corrected chi connectivity index (χ1v) is 6.94. The Kier molecular flexibility index (Phi) is 3.05. The molecule has 0 aliphatic rings. The van der Waals surface area contributed by atoms with Gasteiger partial charge in [0.15, 0.2) is 6.29 Å². The first-order chi connectivity index (χ1) is 9.61. The molecular weight excluding hydrogens is 248 g/mol. The maximum atomic E-state index is 11.2. The largest absolute Gasteiger partial charge is 0.342 e. The average Bonchev–Trinajstić information content (AvgIpc) is 2.72. The number of carbonyl (C=O) groups is 1. The molecule has 0 bridgehead atoms. The number of fused-ring (bicyclic) bond motifs is 3. The topological polar surface area (TPSA) is 34.9 Å². The van der Waals surface area contributed by atoms with E-state index in [9.17, 15) is 4.79 Å². The number of rotatable bonds is 3. The van der Waals surface area contributed by atoms with Crippen LogP contribution in [0.25, 0.3) is 21.8 Å². The molecule has 20 heavy (non-hydrogen) atoms. The fourth-order valence-corrected chi connectivity index (χ4v) is 2.90. The highest BCUT2D eigenvalue weighted by molar-refractivity contribution is 6.09. The zero-order valence-electron chi connectivity index (χ0n) is 12.1. The van der Waals surface area contributed by atoms with Crippen molar-refractivity contribution in [2.75, 3.05) is 0 Å². The van der Waals surface area contributed by atoms with Gasteiger partial charge in [-0.1, -0.05) is 32.0 Å². The van der Waals surface area contributed by atoms with Crippen LogP contribution in [0.2, 0.25) is 0 Å². The van der Waals surface area contributed by atoms with Crippen molar-refractivity contribution in [3.05, 3.63) is 41.7 Å². The highest BCUT2D eigenvalue weighted by Gasteiger charge is 2.15. The van der Waals surface area contributed by atoms with Crippen molar-refractivity contribution < 1.29 is 4.79 Å². The zero-order chi connectivity index (χ0) is 14.3. The maximum Gasteiger partial charge on any atom is 0.168 e. The fourth-order valence-electron chi connectivity index (χ4n) is 2.90. The monoisotopic (exact) mass is 266 g/mol. The lowest BCUT2D eigenvalue weighted by Crippen LogP contribution is -2.03. The van der Waals surface area contributed by atoms with E-state index >= 15 is 0 Å². The lowest BCUT2D eigenvalue weighted by molar-refractivity contribution is 0.111. The van der Waals surface area contributed by atoms with Gasteiger partial charge in [-0.3, -0.25) is 4.79 Å². The molecule has 0 N–H and O–H groups in total. The van der Waals surface area contributed by atoms with E-state index in [1.54, 1.807) is 0 Å². The number of carbonyl (C=O) groups excluding carboxylic acids is 1. The van der Waals surface area contributed by atoms with Crippen LogP contribution < -0.4 is 0 Å². The summed E-state index contributed by atoms with van der Waals surface area (Å²) in [5, 5.41) is 2.30. The molecule has 0 amide bonds. The molecule has 102 valence electrons. The van der Waals surface area contributed by atoms with Gasteiger partial charge in [-0.2, -0.15) is 0 Å². The van der Waals surface area contributed by atoms with Gasteiger partial charge in [-0.15, -0.1) is 0 Å². The van der Waals surface area contributed by atoms with Gasteiger partial charge in [0, 0.05) is 23.3 Å². The smallest absolute Gasteiger partial charge is 0.168 e. The lowest BCUT2D eigenvalue weighted by atomic mass is 10.0. The molecule has 0 radical (unpaired) electrons. The Morgan fingerprint density at radius 1 is 1.25 bits per heavy atom. The Balaban J connectivity index is 2.45. The molecule has 3 heteroatoms. The first kappa shape index (κ1) is 12.9. The Bertz CT molecular complexity index is 799. The summed E-state index contributed by atoms with van der Waals surface area (Å²) in [4.78, 5) is 15.7. The third kappa shape index (κ3) is 1.90. The summed E-state index contributed by atoms with van der Waals surface area (Å²) in [6.07, 6.45) is 1.72. The fraction of sp³-hybridized carbons (Fsp3) is 0.294. The van der Waals surface area contributed by atoms with Crippen LogP contribution >= 0.6 is 0 Å². The molecule has 3 aromatic rings. The van der Waals surface area contributed by atoms with Crippen LogP contribution in [0.1, 0.15) is 30.0 Å². The van der Waals surface area contributed by atoms with E-state index in [1.165, 1.54) is 10.9 Å². The van der Waals surface area contributed by atoms with Gasteiger partial charge in [-0.25, -0.2) is 4.98 Å². The summed E-state index contributed by atoms with van der Waals surface area (Å²) < 4.78 is 2.18. The van der Waals surface area contributed by atoms with E-state index in [0.717, 1.165) is 29.3 Å². The van der Waals surface area contributed by atoms with Crippen LogP contribution in [-0.4, -0.2) is 15.8 Å². The number of aldehydes is 1. The molecular formula is C17H18N2O. The number of hydrogen-bond donors (Lipinski definition) is 0. The third-order valence-corrected chi connectivity index (χ3v) is 3.70. The van der Waals surface area contributed by atoms with Crippen LogP contribution in [-0.2, 0) is 13.5 Å². The summed E-state index contributed by atoms with van der Waals surface area (Å²) in [7, 11) is 2.07. The Hall–Kier alpha value is -2.16. The van der Waals surface area contributed by atoms with Gasteiger partial charge in [0.2, 0.25) is 0 Å². The Morgan fingerprint density at radius 2 is 2.00 bits per heavy atom. The number of pyridine rings is 1. The molecule has 0 atom stereocenters. The van der Waals surface area contributed by atoms with Crippen LogP contribution in [0, 0.1) is 5.92 Å². The second-order valence-electron chi connectivity index (χ2n) is 5.68. The standard InChI is InChI=1S/C17H18N2O/c1-11(2)8-15-17-14(9-12(10-20)18-15)13-6-4-5-7-16(13)19(17)3/h4-7,9-11H,8H2,1-3H3. The SMILES string of the molecule is CC(C)Cc1nc(C=O)cc2c3ccccc3n(C)c12. The first-order valence-electron chi connectivity index (χ1n) is 6.94. The molecule has 0 aliphatic heterocycles. The minimum atomic E-state index is 0.505. The number of para-hydroxylation sites is 1. The van der Waals surface area contributed by atoms with Crippen molar-refractivity contribution in [1.29, 1.82) is 0 Å². The van der Waals surface area contributed by atoms with Gasteiger partial charge >= 0.3 is 0 Å². The summed E-state index contributed by atoms with van der Waals surface area (Å²) in [6.45, 7) is 4.34. The van der Waals surface area contributed by atoms with Crippen molar-refractivity contribution in [3.63, 3.8) is 0 Å². The number of hydrogen-bond acceptors (Lipinski definition) is 2. The van der Waals surface area contributed by atoms with Gasteiger partial charge in [0.25, 0.3) is 0 Å². The van der Waals surface area contributed by atoms with Crippen molar-refractivity contribution in [2.24, 2.45) is 13.0 Å². The highest BCUT2D eigenvalue weighted by atomic mass is 16.1. The summed E-state index contributed by atoms with van der Waals surface area (Å²) in [5.74, 6) is 0.505. The summed E-state index contributed by atoms with van der Waals surface area (Å²) >= 11 is 0. The minimum Gasteiger partial charge on any atom is -0.342 e. The van der Waals surface area contributed by atoms with Crippen molar-refractivity contribution in [1.82, 2.24) is 9.55 Å². The molecule has 0 fully saturated rings. The van der Waals surface area contributed by atoms with Crippen molar-refractivity contribution in [3.8, 4) is 0 Å². The van der Waals surface area contributed by atoms with E-state index < -0.39 is 0 Å². The van der Waals surface area contributed by atoms with Gasteiger partial charge in [-0.05, 0) is 24.5 Å². The molecule has 3 nitrogen and oxygen atoms in total. The van der Waals surface area contributed by atoms with Crippen LogP contribution in [0.4, 0.5) is 0 Å². The number of aromatic nitrogens is 2. The quantitative estimate of drug-likeness (QED) is 0.677. The molecule has 0 saturated carbocycles. The van der Waals surface area contributed by atoms with Gasteiger partial charge in [0.05, 0.1) is 11.2 Å². The third-order valence-electron chi connectivity index (χ3n) is 3.70. The molecule has 0 unspecified atom stereocenters. The summed E-state index contributed by atoms with van der Waals surface area (Å²) in [6, 6.07) is 10.2. The minimum absolute atomic E-state index is 0.505. The molecule has 0 aliphatic carbocycles. The molecule has 2 aromatic heterocycles. The molecule has 0 spiro atoms. The zero-order valence-corrected chi connectivity index (χ0v) is 12.1. The average molecular weight is 266 g/mol. The molecule has 2 heterocycles. The van der Waals surface area contributed by atoms with E-state index in [4.69, 9.17) is 0 Å². The van der Waals surface area contributed by atoms with Crippen LogP contribution in [0.5, 0.6) is 0 Å². The van der Waals surface area contributed by atoms with Crippen molar-refractivity contribution >= 4 is 28.1 Å². The molecule has 3 rings (SSSR count). The number of aryl methyl sites for hydroxylation is 1. The van der Waals surface area contributed by atoms with E-state index in [0.29, 0.717) is 11.6 Å². The predicted octanol–water partition coefficient (Wildman–Crippen LogP) is 3.74. The predicted molar refractivity (Wildman–Crippen MR) is 82.1 cm³/mol. The summed E-state index contributed by atoms with van der Waals surface area (Å²) in [5.41, 5.74) is 3.85. The second-order valence-corrected chi connectivity index (χ2v) is 5.68. The maximum absolute atomic E-state index is 11.2. The normalized spacial score (nSPS) is 11.6. The Labute approximate surface area is 118 Å². The molecule has 1 aromatic carbocycles. The number of benzene rings is 1. The lowest BCUT2D eigenvalue weighted by Gasteiger charge is -2.09. The van der Waals surface area contributed by atoms with Gasteiger partial charge in [0.1, 0.15) is 5.69 Å². The molecule has 0 saturated heterocycles. The highest BCUT2D eigenvalue weighted by Crippen LogP contribution is 2.30. The Morgan fingerprint density at radius 3 is 2.70 bits per heavy atom. The van der Waals surface area contributed by atoms with Crippen LogP contribution in [0.15, 0.2) is 30.3 Å². The van der Waals surface area contributed by atoms with Crippen molar-refractivity contribution in [2.45, 2.75) is 20.3 Å².